The SMILES string of the molecule is CCOc1ccccc1OCC(=O)NNC(=O)CCOc1ccc(OC)cc1. The van der Waals surface area contributed by atoms with E-state index in [9.17, 15) is 9.59 Å². The molecule has 2 amide bonds. The van der Waals surface area contributed by atoms with E-state index in [0.717, 1.165) is 5.75 Å². The first-order valence-corrected chi connectivity index (χ1v) is 8.81. The largest absolute Gasteiger partial charge is 0.497 e. The topological polar surface area (TPSA) is 95.1 Å². The van der Waals surface area contributed by atoms with Gasteiger partial charge in [-0.25, -0.2) is 0 Å². The summed E-state index contributed by atoms with van der Waals surface area (Å²) in [6.45, 7) is 2.26. The number of hydrazine groups is 1. The summed E-state index contributed by atoms with van der Waals surface area (Å²) < 4.78 is 21.3. The van der Waals surface area contributed by atoms with Crippen molar-refractivity contribution in [1.29, 1.82) is 0 Å². The zero-order valence-electron chi connectivity index (χ0n) is 15.9. The van der Waals surface area contributed by atoms with E-state index in [1.807, 2.05) is 13.0 Å². The molecule has 0 fully saturated rings. The molecule has 2 rings (SSSR count). The van der Waals surface area contributed by atoms with Crippen molar-refractivity contribution >= 4 is 11.8 Å². The molecule has 0 aliphatic carbocycles. The highest BCUT2D eigenvalue weighted by atomic mass is 16.5. The lowest BCUT2D eigenvalue weighted by molar-refractivity contribution is -0.130. The van der Waals surface area contributed by atoms with Gasteiger partial charge in [-0.05, 0) is 43.3 Å². The summed E-state index contributed by atoms with van der Waals surface area (Å²) in [6, 6.07) is 14.1. The molecule has 8 heteroatoms. The second kappa shape index (κ2) is 11.3. The van der Waals surface area contributed by atoms with Crippen molar-refractivity contribution in [3.63, 3.8) is 0 Å². The van der Waals surface area contributed by atoms with Crippen LogP contribution in [0.2, 0.25) is 0 Å². The minimum Gasteiger partial charge on any atom is -0.497 e. The monoisotopic (exact) mass is 388 g/mol. The number of benzene rings is 2. The van der Waals surface area contributed by atoms with Crippen LogP contribution in [-0.4, -0.2) is 38.7 Å². The third kappa shape index (κ3) is 7.06. The molecule has 0 aliphatic rings. The third-order valence-electron chi connectivity index (χ3n) is 3.51. The van der Waals surface area contributed by atoms with Gasteiger partial charge in [0, 0.05) is 0 Å². The number of amides is 2. The lowest BCUT2D eigenvalue weighted by Crippen LogP contribution is -2.44. The zero-order chi connectivity index (χ0) is 20.2. The Labute approximate surface area is 163 Å². The summed E-state index contributed by atoms with van der Waals surface area (Å²) >= 11 is 0. The molecule has 150 valence electrons. The van der Waals surface area contributed by atoms with Gasteiger partial charge in [0.25, 0.3) is 5.91 Å². The summed E-state index contributed by atoms with van der Waals surface area (Å²) in [7, 11) is 1.58. The molecule has 2 aromatic carbocycles. The van der Waals surface area contributed by atoms with E-state index in [1.54, 1.807) is 49.6 Å². The Balaban J connectivity index is 1.64. The Bertz CT molecular complexity index is 764. The molecule has 2 aromatic rings. The van der Waals surface area contributed by atoms with Crippen LogP contribution in [0.1, 0.15) is 13.3 Å². The molecule has 0 radical (unpaired) electrons. The summed E-state index contributed by atoms with van der Waals surface area (Å²) in [5, 5.41) is 0. The molecule has 8 nitrogen and oxygen atoms in total. The lowest BCUT2D eigenvalue weighted by Gasteiger charge is -2.12. The first-order chi connectivity index (χ1) is 13.6. The molecule has 0 spiro atoms. The van der Waals surface area contributed by atoms with Crippen molar-refractivity contribution in [1.82, 2.24) is 10.9 Å². The summed E-state index contributed by atoms with van der Waals surface area (Å²) in [6.07, 6.45) is 0.0837. The summed E-state index contributed by atoms with van der Waals surface area (Å²) in [5.74, 6) is 1.49. The van der Waals surface area contributed by atoms with Crippen molar-refractivity contribution in [2.24, 2.45) is 0 Å². The fraction of sp³-hybridized carbons (Fsp3) is 0.300. The highest BCUT2D eigenvalue weighted by molar-refractivity contribution is 5.82. The molecular formula is C20H24N2O6. The number of hydrogen-bond acceptors (Lipinski definition) is 6. The third-order valence-corrected chi connectivity index (χ3v) is 3.51. The predicted molar refractivity (Wildman–Crippen MR) is 102 cm³/mol. The van der Waals surface area contributed by atoms with Crippen LogP contribution >= 0.6 is 0 Å². The molecule has 0 atom stereocenters. The van der Waals surface area contributed by atoms with E-state index in [1.165, 1.54) is 0 Å². The Morgan fingerprint density at radius 3 is 2.07 bits per heavy atom. The van der Waals surface area contributed by atoms with Gasteiger partial charge in [-0.1, -0.05) is 12.1 Å². The van der Waals surface area contributed by atoms with E-state index in [2.05, 4.69) is 10.9 Å². The van der Waals surface area contributed by atoms with Crippen LogP contribution in [0.3, 0.4) is 0 Å². The number of carbonyl (C=O) groups excluding carboxylic acids is 2. The molecule has 0 saturated carbocycles. The van der Waals surface area contributed by atoms with Crippen LogP contribution in [-0.2, 0) is 9.59 Å². The second-order valence-electron chi connectivity index (χ2n) is 5.54. The fourth-order valence-electron chi connectivity index (χ4n) is 2.16. The average molecular weight is 388 g/mol. The second-order valence-corrected chi connectivity index (χ2v) is 5.54. The zero-order valence-corrected chi connectivity index (χ0v) is 15.9. The highest BCUT2D eigenvalue weighted by Crippen LogP contribution is 2.26. The van der Waals surface area contributed by atoms with Gasteiger partial charge in [0.2, 0.25) is 5.91 Å². The molecule has 2 N–H and O–H groups in total. The van der Waals surface area contributed by atoms with E-state index in [0.29, 0.717) is 23.9 Å². The standard InChI is InChI=1S/C20H24N2O6/c1-3-26-17-6-4-5-7-18(17)28-14-20(24)22-21-19(23)12-13-27-16-10-8-15(25-2)9-11-16/h4-11H,3,12-14H2,1-2H3,(H,21,23)(H,22,24). The summed E-state index contributed by atoms with van der Waals surface area (Å²) in [4.78, 5) is 23.6. The first-order valence-electron chi connectivity index (χ1n) is 8.81. The Morgan fingerprint density at radius 2 is 1.43 bits per heavy atom. The molecule has 28 heavy (non-hydrogen) atoms. The molecule has 0 aliphatic heterocycles. The Hall–Kier alpha value is -3.42. The predicted octanol–water partition coefficient (Wildman–Crippen LogP) is 2.09. The van der Waals surface area contributed by atoms with E-state index >= 15 is 0 Å². The molecule has 0 saturated heterocycles. The van der Waals surface area contributed by atoms with Gasteiger partial charge in [-0.2, -0.15) is 0 Å². The van der Waals surface area contributed by atoms with Crippen molar-refractivity contribution in [3.05, 3.63) is 48.5 Å². The van der Waals surface area contributed by atoms with Gasteiger partial charge >= 0.3 is 0 Å². The van der Waals surface area contributed by atoms with E-state index in [4.69, 9.17) is 18.9 Å². The maximum absolute atomic E-state index is 11.8. The average Bonchev–Trinajstić information content (AvgIpc) is 2.72. The maximum Gasteiger partial charge on any atom is 0.276 e. The highest BCUT2D eigenvalue weighted by Gasteiger charge is 2.09. The van der Waals surface area contributed by atoms with Gasteiger partial charge in [-0.15, -0.1) is 0 Å². The van der Waals surface area contributed by atoms with E-state index < -0.39 is 5.91 Å². The number of ether oxygens (including phenoxy) is 4. The van der Waals surface area contributed by atoms with Crippen LogP contribution in [0.5, 0.6) is 23.0 Å². The van der Waals surface area contributed by atoms with Gasteiger partial charge in [0.1, 0.15) is 11.5 Å². The Morgan fingerprint density at radius 1 is 0.821 bits per heavy atom. The lowest BCUT2D eigenvalue weighted by atomic mass is 10.3. The number of hydrogen-bond donors (Lipinski definition) is 2. The molecule has 0 unspecified atom stereocenters. The van der Waals surface area contributed by atoms with Crippen LogP contribution in [0, 0.1) is 0 Å². The number of carbonyl (C=O) groups is 2. The van der Waals surface area contributed by atoms with Crippen molar-refractivity contribution in [2.45, 2.75) is 13.3 Å². The van der Waals surface area contributed by atoms with Crippen molar-refractivity contribution < 1.29 is 28.5 Å². The van der Waals surface area contributed by atoms with E-state index in [-0.39, 0.29) is 25.5 Å². The first kappa shape index (κ1) is 20.9. The molecule has 0 aromatic heterocycles. The van der Waals surface area contributed by atoms with Crippen molar-refractivity contribution in [3.8, 4) is 23.0 Å². The number of rotatable bonds is 10. The quantitative estimate of drug-likeness (QED) is 0.605. The van der Waals surface area contributed by atoms with Crippen molar-refractivity contribution in [2.75, 3.05) is 26.9 Å². The van der Waals surface area contributed by atoms with Crippen LogP contribution < -0.4 is 29.8 Å². The smallest absolute Gasteiger partial charge is 0.276 e. The van der Waals surface area contributed by atoms with Gasteiger partial charge < -0.3 is 18.9 Å². The molecule has 0 bridgehead atoms. The van der Waals surface area contributed by atoms with Crippen LogP contribution in [0.4, 0.5) is 0 Å². The number of para-hydroxylation sites is 2. The number of methoxy groups -OCH3 is 1. The minimum atomic E-state index is -0.490. The summed E-state index contributed by atoms with van der Waals surface area (Å²) in [5.41, 5.74) is 4.60. The molecular weight excluding hydrogens is 364 g/mol. The minimum absolute atomic E-state index is 0.0837. The van der Waals surface area contributed by atoms with Crippen LogP contribution in [0.25, 0.3) is 0 Å². The molecule has 0 heterocycles. The Kier molecular flexibility index (Phi) is 8.45. The van der Waals surface area contributed by atoms with Crippen LogP contribution in [0.15, 0.2) is 48.5 Å². The van der Waals surface area contributed by atoms with Gasteiger partial charge in [0.05, 0.1) is 26.7 Å². The maximum atomic E-state index is 11.8. The van der Waals surface area contributed by atoms with Gasteiger partial charge in [0.15, 0.2) is 18.1 Å². The normalized spacial score (nSPS) is 9.93. The van der Waals surface area contributed by atoms with Gasteiger partial charge in [-0.3, -0.25) is 20.4 Å². The number of nitrogens with one attached hydrogen (secondary N) is 2. The fourth-order valence-corrected chi connectivity index (χ4v) is 2.16.